The second kappa shape index (κ2) is 6.83. The average Bonchev–Trinajstić information content (AvgIpc) is 2.47. The molecular weight excluding hydrogens is 284 g/mol. The summed E-state index contributed by atoms with van der Waals surface area (Å²) >= 11 is 0. The molecular formula is C21H34O2. The molecule has 0 saturated heterocycles. The van der Waals surface area contributed by atoms with E-state index in [1.807, 2.05) is 13.8 Å². The standard InChI is InChI=1S/C21H34O2/c1-8-21(6,7)20(22)23-17-12-14(4)11-16-10-9-15(5)18(13(2)3)19(16)17/h9-11,13-15,17-19H,8,12H2,1-7H3/t14-,15+,17-,18?,19?/m0/s1. The predicted octanol–water partition coefficient (Wildman–Crippen LogP) is 5.39. The molecule has 0 radical (unpaired) electrons. The first kappa shape index (κ1) is 18.3. The van der Waals surface area contributed by atoms with E-state index in [1.54, 1.807) is 0 Å². The van der Waals surface area contributed by atoms with Gasteiger partial charge in [-0.3, -0.25) is 4.79 Å². The molecule has 2 aliphatic carbocycles. The van der Waals surface area contributed by atoms with E-state index in [4.69, 9.17) is 4.74 Å². The Kier molecular flexibility index (Phi) is 5.43. The summed E-state index contributed by atoms with van der Waals surface area (Å²) in [4.78, 5) is 12.6. The fourth-order valence-corrected chi connectivity index (χ4v) is 4.17. The number of carbonyl (C=O) groups excluding carboxylic acids is 1. The zero-order valence-electron chi connectivity index (χ0n) is 15.9. The Hall–Kier alpha value is -1.05. The van der Waals surface area contributed by atoms with Gasteiger partial charge in [0, 0.05) is 5.92 Å². The second-order valence-corrected chi connectivity index (χ2v) is 8.63. The molecule has 0 bridgehead atoms. The Morgan fingerprint density at radius 3 is 2.57 bits per heavy atom. The lowest BCUT2D eigenvalue weighted by Crippen LogP contribution is -2.44. The molecule has 0 aromatic heterocycles. The number of fused-ring (bicyclic) bond motifs is 1. The van der Waals surface area contributed by atoms with Gasteiger partial charge in [-0.2, -0.15) is 0 Å². The van der Waals surface area contributed by atoms with Crippen LogP contribution in [0.3, 0.4) is 0 Å². The maximum absolute atomic E-state index is 12.6. The molecule has 0 aromatic carbocycles. The Morgan fingerprint density at radius 2 is 2.00 bits per heavy atom. The maximum atomic E-state index is 12.6. The number of esters is 1. The van der Waals surface area contributed by atoms with Crippen LogP contribution >= 0.6 is 0 Å². The van der Waals surface area contributed by atoms with E-state index in [0.29, 0.717) is 29.6 Å². The lowest BCUT2D eigenvalue weighted by Gasteiger charge is -2.45. The molecule has 5 atom stereocenters. The van der Waals surface area contributed by atoms with Gasteiger partial charge in [0.1, 0.15) is 6.10 Å². The van der Waals surface area contributed by atoms with E-state index >= 15 is 0 Å². The van der Waals surface area contributed by atoms with Gasteiger partial charge in [0.25, 0.3) is 0 Å². The average molecular weight is 319 g/mol. The summed E-state index contributed by atoms with van der Waals surface area (Å²) in [5.74, 6) is 2.44. The van der Waals surface area contributed by atoms with Gasteiger partial charge in [-0.25, -0.2) is 0 Å². The minimum atomic E-state index is -0.395. The summed E-state index contributed by atoms with van der Waals surface area (Å²) in [5, 5.41) is 0. The van der Waals surface area contributed by atoms with Gasteiger partial charge in [-0.1, -0.05) is 52.8 Å². The third-order valence-electron chi connectivity index (χ3n) is 5.95. The van der Waals surface area contributed by atoms with Crippen LogP contribution in [0.1, 0.15) is 61.3 Å². The second-order valence-electron chi connectivity index (χ2n) is 8.63. The Bertz CT molecular complexity index is 498. The van der Waals surface area contributed by atoms with Gasteiger partial charge < -0.3 is 4.74 Å². The van der Waals surface area contributed by atoms with Gasteiger partial charge in [0.05, 0.1) is 5.41 Å². The quantitative estimate of drug-likeness (QED) is 0.649. The van der Waals surface area contributed by atoms with Gasteiger partial charge in [0.2, 0.25) is 0 Å². The summed E-state index contributed by atoms with van der Waals surface area (Å²) in [5.41, 5.74) is 0.987. The number of ether oxygens (including phenoxy) is 1. The molecule has 2 nitrogen and oxygen atoms in total. The highest BCUT2D eigenvalue weighted by Gasteiger charge is 2.43. The Balaban J connectivity index is 2.30. The third-order valence-corrected chi connectivity index (χ3v) is 5.95. The molecule has 2 unspecified atom stereocenters. The minimum Gasteiger partial charge on any atom is -0.461 e. The number of carbonyl (C=O) groups is 1. The lowest BCUT2D eigenvalue weighted by atomic mass is 9.63. The fourth-order valence-electron chi connectivity index (χ4n) is 4.17. The summed E-state index contributed by atoms with van der Waals surface area (Å²) < 4.78 is 6.10. The van der Waals surface area contributed by atoms with Crippen molar-refractivity contribution in [1.82, 2.24) is 0 Å². The summed E-state index contributed by atoms with van der Waals surface area (Å²) in [6.07, 6.45) is 8.77. The SMILES string of the molecule is CCC(C)(C)C(=O)O[C@H]1C[C@@H](C)C=C2C=C[C@@H](C)C(C(C)C)C21. The molecule has 2 rings (SSSR count). The first-order valence-corrected chi connectivity index (χ1v) is 9.28. The summed E-state index contributed by atoms with van der Waals surface area (Å²) in [6, 6.07) is 0. The van der Waals surface area contributed by atoms with Gasteiger partial charge in [0.15, 0.2) is 0 Å². The number of allylic oxidation sites excluding steroid dienone is 3. The molecule has 0 saturated carbocycles. The van der Waals surface area contributed by atoms with Crippen LogP contribution < -0.4 is 0 Å². The Labute approximate surface area is 142 Å². The van der Waals surface area contributed by atoms with E-state index in [9.17, 15) is 4.79 Å². The van der Waals surface area contributed by atoms with Crippen molar-refractivity contribution in [3.05, 3.63) is 23.8 Å². The van der Waals surface area contributed by atoms with Crippen LogP contribution in [-0.2, 0) is 9.53 Å². The highest BCUT2D eigenvalue weighted by atomic mass is 16.5. The van der Waals surface area contributed by atoms with Crippen molar-refractivity contribution in [2.45, 2.75) is 67.4 Å². The highest BCUT2D eigenvalue weighted by molar-refractivity contribution is 5.76. The van der Waals surface area contributed by atoms with Crippen molar-refractivity contribution in [3.63, 3.8) is 0 Å². The van der Waals surface area contributed by atoms with Crippen molar-refractivity contribution >= 4 is 5.97 Å². The number of hydrogen-bond donors (Lipinski definition) is 0. The van der Waals surface area contributed by atoms with Crippen LogP contribution in [0.2, 0.25) is 0 Å². The molecule has 130 valence electrons. The lowest BCUT2D eigenvalue weighted by molar-refractivity contribution is -0.165. The van der Waals surface area contributed by atoms with E-state index < -0.39 is 5.41 Å². The first-order valence-electron chi connectivity index (χ1n) is 9.28. The molecule has 0 spiro atoms. The van der Waals surface area contributed by atoms with E-state index in [0.717, 1.165) is 12.8 Å². The molecule has 0 fully saturated rings. The van der Waals surface area contributed by atoms with Crippen LogP contribution in [-0.4, -0.2) is 12.1 Å². The predicted molar refractivity (Wildman–Crippen MR) is 95.9 cm³/mol. The molecule has 0 aliphatic heterocycles. The fraction of sp³-hybridized carbons (Fsp3) is 0.762. The van der Waals surface area contributed by atoms with Crippen molar-refractivity contribution in [3.8, 4) is 0 Å². The molecule has 2 aliphatic rings. The van der Waals surface area contributed by atoms with Gasteiger partial charge in [-0.15, -0.1) is 0 Å². The summed E-state index contributed by atoms with van der Waals surface area (Å²) in [7, 11) is 0. The third kappa shape index (κ3) is 3.72. The van der Waals surface area contributed by atoms with E-state index in [-0.39, 0.29) is 12.1 Å². The molecule has 0 aromatic rings. The molecule has 0 amide bonds. The van der Waals surface area contributed by atoms with Crippen LogP contribution in [0.4, 0.5) is 0 Å². The zero-order valence-corrected chi connectivity index (χ0v) is 15.9. The van der Waals surface area contributed by atoms with Crippen molar-refractivity contribution in [2.75, 3.05) is 0 Å². The molecule has 0 N–H and O–H groups in total. The number of rotatable bonds is 4. The zero-order chi connectivity index (χ0) is 17.4. The minimum absolute atomic E-state index is 0.0168. The van der Waals surface area contributed by atoms with Crippen LogP contribution in [0.15, 0.2) is 23.8 Å². The van der Waals surface area contributed by atoms with Gasteiger partial charge >= 0.3 is 5.97 Å². The highest BCUT2D eigenvalue weighted by Crippen LogP contribution is 2.46. The molecule has 2 heteroatoms. The van der Waals surface area contributed by atoms with Crippen LogP contribution in [0.5, 0.6) is 0 Å². The van der Waals surface area contributed by atoms with E-state index in [1.165, 1.54) is 5.57 Å². The smallest absolute Gasteiger partial charge is 0.311 e. The summed E-state index contributed by atoms with van der Waals surface area (Å²) in [6.45, 7) is 15.1. The van der Waals surface area contributed by atoms with Crippen LogP contribution in [0.25, 0.3) is 0 Å². The van der Waals surface area contributed by atoms with Crippen molar-refractivity contribution in [1.29, 1.82) is 0 Å². The Morgan fingerprint density at radius 1 is 1.35 bits per heavy atom. The maximum Gasteiger partial charge on any atom is 0.311 e. The monoisotopic (exact) mass is 318 g/mol. The van der Waals surface area contributed by atoms with Crippen LogP contribution in [0, 0.1) is 35.0 Å². The van der Waals surface area contributed by atoms with Gasteiger partial charge in [-0.05, 0) is 55.9 Å². The molecule has 0 heterocycles. The van der Waals surface area contributed by atoms with Crippen molar-refractivity contribution < 1.29 is 9.53 Å². The number of hydrogen-bond acceptors (Lipinski definition) is 2. The largest absolute Gasteiger partial charge is 0.461 e. The molecule has 23 heavy (non-hydrogen) atoms. The van der Waals surface area contributed by atoms with E-state index in [2.05, 4.69) is 52.8 Å². The normalized spacial score (nSPS) is 34.1. The van der Waals surface area contributed by atoms with Crippen molar-refractivity contribution in [2.24, 2.45) is 35.0 Å². The first-order chi connectivity index (χ1) is 10.7. The topological polar surface area (TPSA) is 26.3 Å².